The van der Waals surface area contributed by atoms with Crippen LogP contribution in [0, 0.1) is 29.3 Å². The number of anilines is 1. The second kappa shape index (κ2) is 7.24. The molecule has 0 atom stereocenters. The van der Waals surface area contributed by atoms with Gasteiger partial charge in [-0.05, 0) is 36.8 Å². The maximum atomic E-state index is 14.6. The molecule has 0 N–H and O–H groups in total. The summed E-state index contributed by atoms with van der Waals surface area (Å²) in [7, 11) is 0. The van der Waals surface area contributed by atoms with Gasteiger partial charge in [-0.15, -0.1) is 0 Å². The predicted molar refractivity (Wildman–Crippen MR) is 101 cm³/mol. The largest absolute Gasteiger partial charge is 0.356 e. The molecule has 5 nitrogen and oxygen atoms in total. The van der Waals surface area contributed by atoms with Crippen molar-refractivity contribution in [2.75, 3.05) is 18.0 Å². The summed E-state index contributed by atoms with van der Waals surface area (Å²) < 4.78 is 44.5. The van der Waals surface area contributed by atoms with Gasteiger partial charge in [-0.1, -0.05) is 25.4 Å². The SMILES string of the molecule is CC(C)C1CCN(c2c(-c3c(F)ccc(F)c3F)c(Cl)nc3ncnn23)CC1. The van der Waals surface area contributed by atoms with E-state index in [1.807, 2.05) is 4.90 Å². The zero-order valence-corrected chi connectivity index (χ0v) is 16.2. The molecule has 0 saturated carbocycles. The Balaban J connectivity index is 1.92. The zero-order valence-electron chi connectivity index (χ0n) is 15.5. The van der Waals surface area contributed by atoms with Crippen LogP contribution in [0.2, 0.25) is 5.15 Å². The van der Waals surface area contributed by atoms with Crippen molar-refractivity contribution in [1.29, 1.82) is 0 Å². The Labute approximate surface area is 165 Å². The van der Waals surface area contributed by atoms with Crippen LogP contribution < -0.4 is 4.90 Å². The molecule has 3 heterocycles. The predicted octanol–water partition coefficient (Wildman–Crippen LogP) is 4.73. The van der Waals surface area contributed by atoms with Crippen molar-refractivity contribution >= 4 is 23.2 Å². The smallest absolute Gasteiger partial charge is 0.255 e. The van der Waals surface area contributed by atoms with E-state index in [9.17, 15) is 13.2 Å². The molecule has 0 unspecified atom stereocenters. The molecule has 9 heteroatoms. The molecule has 2 aromatic heterocycles. The van der Waals surface area contributed by atoms with Gasteiger partial charge in [0.05, 0.1) is 11.1 Å². The molecule has 4 rings (SSSR count). The number of nitrogens with zero attached hydrogens (tertiary/aromatic N) is 5. The molecule has 1 fully saturated rings. The topological polar surface area (TPSA) is 46.3 Å². The molecule has 1 aliphatic heterocycles. The lowest BCUT2D eigenvalue weighted by atomic mass is 9.86. The molecule has 0 bridgehead atoms. The quantitative estimate of drug-likeness (QED) is 0.463. The van der Waals surface area contributed by atoms with E-state index >= 15 is 0 Å². The summed E-state index contributed by atoms with van der Waals surface area (Å²) in [4.78, 5) is 10.1. The van der Waals surface area contributed by atoms with Crippen LogP contribution in [0.15, 0.2) is 18.5 Å². The van der Waals surface area contributed by atoms with Crippen LogP contribution in [-0.4, -0.2) is 32.7 Å². The zero-order chi connectivity index (χ0) is 20.0. The number of hydrogen-bond acceptors (Lipinski definition) is 4. The lowest BCUT2D eigenvalue weighted by Crippen LogP contribution is -2.37. The summed E-state index contributed by atoms with van der Waals surface area (Å²) in [5.74, 6) is -1.68. The first kappa shape index (κ1) is 19.0. The lowest BCUT2D eigenvalue weighted by molar-refractivity contribution is 0.310. The van der Waals surface area contributed by atoms with Gasteiger partial charge >= 0.3 is 0 Å². The molecule has 0 radical (unpaired) electrons. The number of fused-ring (bicyclic) bond motifs is 1. The first-order valence-electron chi connectivity index (χ1n) is 9.16. The summed E-state index contributed by atoms with van der Waals surface area (Å²) in [5, 5.41) is 4.01. The van der Waals surface area contributed by atoms with Crippen molar-refractivity contribution in [3.05, 3.63) is 41.1 Å². The third-order valence-corrected chi connectivity index (χ3v) is 5.71. The Morgan fingerprint density at radius 3 is 2.43 bits per heavy atom. The van der Waals surface area contributed by atoms with Crippen molar-refractivity contribution < 1.29 is 13.2 Å². The van der Waals surface area contributed by atoms with E-state index in [4.69, 9.17) is 11.6 Å². The second-order valence-electron chi connectivity index (χ2n) is 7.36. The number of benzene rings is 1. The van der Waals surface area contributed by atoms with Gasteiger partial charge in [-0.3, -0.25) is 0 Å². The fraction of sp³-hybridized carbons (Fsp3) is 0.421. The minimum absolute atomic E-state index is 0.0165. The average Bonchev–Trinajstić information content (AvgIpc) is 3.13. The maximum Gasteiger partial charge on any atom is 0.255 e. The van der Waals surface area contributed by atoms with Crippen molar-refractivity contribution in [3.63, 3.8) is 0 Å². The van der Waals surface area contributed by atoms with Crippen LogP contribution in [0.5, 0.6) is 0 Å². The first-order chi connectivity index (χ1) is 13.4. The number of hydrogen-bond donors (Lipinski definition) is 0. The van der Waals surface area contributed by atoms with Gasteiger partial charge < -0.3 is 4.90 Å². The summed E-state index contributed by atoms with van der Waals surface area (Å²) in [6.07, 6.45) is 3.13. The highest BCUT2D eigenvalue weighted by Crippen LogP contribution is 2.41. The molecule has 0 amide bonds. The molecular weight excluding hydrogens is 391 g/mol. The van der Waals surface area contributed by atoms with Crippen LogP contribution in [-0.2, 0) is 0 Å². The molecule has 0 spiro atoms. The van der Waals surface area contributed by atoms with E-state index in [1.165, 1.54) is 10.8 Å². The Kier molecular flexibility index (Phi) is 4.91. The van der Waals surface area contributed by atoms with Gasteiger partial charge in [0.2, 0.25) is 0 Å². The molecule has 1 saturated heterocycles. The summed E-state index contributed by atoms with van der Waals surface area (Å²) in [6.45, 7) is 5.68. The van der Waals surface area contributed by atoms with Crippen molar-refractivity contribution in [1.82, 2.24) is 19.6 Å². The van der Waals surface area contributed by atoms with E-state index in [2.05, 4.69) is 28.9 Å². The molecule has 0 aliphatic carbocycles. The van der Waals surface area contributed by atoms with E-state index < -0.39 is 23.0 Å². The van der Waals surface area contributed by atoms with Gasteiger partial charge in [0, 0.05) is 13.1 Å². The second-order valence-corrected chi connectivity index (χ2v) is 7.72. The Morgan fingerprint density at radius 2 is 1.75 bits per heavy atom. The Hall–Kier alpha value is -2.35. The lowest BCUT2D eigenvalue weighted by Gasteiger charge is -2.36. The van der Waals surface area contributed by atoms with Gasteiger partial charge in [-0.2, -0.15) is 19.6 Å². The van der Waals surface area contributed by atoms with Gasteiger partial charge in [-0.25, -0.2) is 13.2 Å². The molecule has 1 aliphatic rings. The van der Waals surface area contributed by atoms with Gasteiger partial charge in [0.15, 0.2) is 11.6 Å². The third kappa shape index (κ3) is 3.09. The molecule has 1 aromatic carbocycles. The van der Waals surface area contributed by atoms with Gasteiger partial charge in [0.25, 0.3) is 5.78 Å². The minimum Gasteiger partial charge on any atom is -0.356 e. The first-order valence-corrected chi connectivity index (χ1v) is 9.54. The highest BCUT2D eigenvalue weighted by molar-refractivity contribution is 6.33. The van der Waals surface area contributed by atoms with Crippen molar-refractivity contribution in [3.8, 4) is 11.1 Å². The van der Waals surface area contributed by atoms with Crippen molar-refractivity contribution in [2.24, 2.45) is 11.8 Å². The number of piperidine rings is 1. The normalized spacial score (nSPS) is 15.8. The van der Waals surface area contributed by atoms with E-state index in [0.717, 1.165) is 25.0 Å². The van der Waals surface area contributed by atoms with E-state index in [0.29, 0.717) is 30.7 Å². The fourth-order valence-electron chi connectivity index (χ4n) is 3.84. The molecule has 3 aromatic rings. The average molecular weight is 410 g/mol. The molecule has 148 valence electrons. The summed E-state index contributed by atoms with van der Waals surface area (Å²) in [6, 6.07) is 1.63. The van der Waals surface area contributed by atoms with Crippen LogP contribution in [0.4, 0.5) is 19.0 Å². The van der Waals surface area contributed by atoms with E-state index in [1.54, 1.807) is 0 Å². The van der Waals surface area contributed by atoms with Crippen molar-refractivity contribution in [2.45, 2.75) is 26.7 Å². The number of aromatic nitrogens is 4. The van der Waals surface area contributed by atoms with Crippen LogP contribution in [0.1, 0.15) is 26.7 Å². The highest BCUT2D eigenvalue weighted by Gasteiger charge is 2.30. The fourth-order valence-corrected chi connectivity index (χ4v) is 4.10. The maximum absolute atomic E-state index is 14.6. The Morgan fingerprint density at radius 1 is 1.07 bits per heavy atom. The van der Waals surface area contributed by atoms with Crippen LogP contribution in [0.25, 0.3) is 16.9 Å². The standard InChI is InChI=1S/C19H19ClF3N5/c1-10(2)11-5-7-27(8-6-11)18-15(14-12(21)3-4-13(22)16(14)23)17(20)26-19-24-9-25-28(18)19/h3-4,9-11H,5-8H2,1-2H3. The third-order valence-electron chi connectivity index (χ3n) is 5.43. The van der Waals surface area contributed by atoms with E-state index in [-0.39, 0.29) is 16.5 Å². The number of rotatable bonds is 3. The molecule has 28 heavy (non-hydrogen) atoms. The highest BCUT2D eigenvalue weighted by atomic mass is 35.5. The monoisotopic (exact) mass is 409 g/mol. The summed E-state index contributed by atoms with van der Waals surface area (Å²) in [5.41, 5.74) is -0.562. The number of halogens is 4. The van der Waals surface area contributed by atoms with Gasteiger partial charge in [0.1, 0.15) is 23.1 Å². The minimum atomic E-state index is -1.30. The van der Waals surface area contributed by atoms with Crippen LogP contribution in [0.3, 0.4) is 0 Å². The van der Waals surface area contributed by atoms with Crippen LogP contribution >= 0.6 is 11.6 Å². The summed E-state index contributed by atoms with van der Waals surface area (Å²) >= 11 is 6.32. The Bertz CT molecular complexity index is 1030. The molecular formula is C19H19ClF3N5.